The molecule has 1 aromatic heterocycles. The zero-order chi connectivity index (χ0) is 6.85. The van der Waals surface area contributed by atoms with E-state index in [4.69, 9.17) is 5.11 Å². The lowest BCUT2D eigenvalue weighted by Crippen LogP contribution is -1.97. The molecule has 0 radical (unpaired) electrons. The van der Waals surface area contributed by atoms with E-state index >= 15 is 0 Å². The smallest absolute Gasteiger partial charge is 0.358 e. The quantitative estimate of drug-likeness (QED) is 0.756. The summed E-state index contributed by atoms with van der Waals surface area (Å²) in [6.45, 7) is 0. The van der Waals surface area contributed by atoms with Gasteiger partial charge in [0, 0.05) is 0 Å². The monoisotopic (exact) mass is 256 g/mol. The molecule has 0 spiro atoms. The highest BCUT2D eigenvalue weighted by molar-refractivity contribution is 14.1. The Morgan fingerprint density at radius 1 is 1.78 bits per heavy atom. The van der Waals surface area contributed by atoms with Crippen molar-refractivity contribution in [2.45, 2.75) is 0 Å². The summed E-state index contributed by atoms with van der Waals surface area (Å²) in [4.78, 5) is 10.2. The lowest BCUT2D eigenvalue weighted by atomic mass is 10.5. The summed E-state index contributed by atoms with van der Waals surface area (Å²) in [6, 6.07) is 0. The van der Waals surface area contributed by atoms with Crippen LogP contribution in [0, 0.1) is 2.88 Å². The van der Waals surface area contributed by atoms with E-state index < -0.39 is 5.97 Å². The number of rotatable bonds is 1. The minimum absolute atomic E-state index is 0.0422. The van der Waals surface area contributed by atoms with Crippen LogP contribution in [-0.2, 0) is 0 Å². The number of nitrogens with zero attached hydrogens (tertiary/aromatic N) is 2. The third-order valence-corrected chi connectivity index (χ3v) is 2.27. The van der Waals surface area contributed by atoms with Crippen LogP contribution in [0.3, 0.4) is 0 Å². The third kappa shape index (κ3) is 1.36. The number of aromatic carboxylic acids is 1. The summed E-state index contributed by atoms with van der Waals surface area (Å²) in [6.07, 6.45) is 0. The van der Waals surface area contributed by atoms with Crippen molar-refractivity contribution in [1.29, 1.82) is 0 Å². The fourth-order valence-electron chi connectivity index (χ4n) is 0.306. The zero-order valence-electron chi connectivity index (χ0n) is 4.04. The number of aromatic nitrogens is 2. The molecule has 0 aromatic carbocycles. The van der Waals surface area contributed by atoms with Crippen LogP contribution in [0.25, 0.3) is 0 Å². The summed E-state index contributed by atoms with van der Waals surface area (Å²) in [5, 5.41) is 11.7. The Morgan fingerprint density at radius 3 is 2.67 bits per heavy atom. The largest absolute Gasteiger partial charge is 0.476 e. The van der Waals surface area contributed by atoms with Crippen LogP contribution >= 0.6 is 34.1 Å². The van der Waals surface area contributed by atoms with Gasteiger partial charge in [0.05, 0.1) is 0 Å². The van der Waals surface area contributed by atoms with Crippen LogP contribution < -0.4 is 0 Å². The lowest BCUT2D eigenvalue weighted by Gasteiger charge is -1.80. The van der Waals surface area contributed by atoms with Gasteiger partial charge in [0.25, 0.3) is 0 Å². The van der Waals surface area contributed by atoms with Crippen LogP contribution in [0.15, 0.2) is 0 Å². The first-order chi connectivity index (χ1) is 4.22. The molecular weight excluding hydrogens is 255 g/mol. The maximum atomic E-state index is 10.2. The van der Waals surface area contributed by atoms with Crippen LogP contribution in [-0.4, -0.2) is 20.7 Å². The van der Waals surface area contributed by atoms with Crippen LogP contribution in [0.1, 0.15) is 10.5 Å². The Morgan fingerprint density at radius 2 is 2.44 bits per heavy atom. The second kappa shape index (κ2) is 2.56. The van der Waals surface area contributed by atoms with Crippen molar-refractivity contribution in [1.82, 2.24) is 9.59 Å². The molecule has 0 bridgehead atoms. The highest BCUT2D eigenvalue weighted by Gasteiger charge is 2.11. The number of halogens is 1. The van der Waals surface area contributed by atoms with E-state index in [9.17, 15) is 4.79 Å². The molecule has 48 valence electrons. The average Bonchev–Trinajstić information content (AvgIpc) is 2.13. The molecule has 0 unspecified atom stereocenters. The summed E-state index contributed by atoms with van der Waals surface area (Å²) in [5.41, 5.74) is 0.0422. The van der Waals surface area contributed by atoms with Crippen molar-refractivity contribution in [2.24, 2.45) is 0 Å². The molecule has 0 saturated carbocycles. The fraction of sp³-hybridized carbons (Fsp3) is 0. The van der Waals surface area contributed by atoms with Crippen molar-refractivity contribution in [2.75, 3.05) is 0 Å². The van der Waals surface area contributed by atoms with Gasteiger partial charge in [-0.05, 0) is 34.1 Å². The molecule has 6 heteroatoms. The van der Waals surface area contributed by atoms with Crippen LogP contribution in [0.5, 0.6) is 0 Å². The second-order valence-corrected chi connectivity index (χ2v) is 3.77. The Bertz CT molecular complexity index is 235. The van der Waals surface area contributed by atoms with Gasteiger partial charge in [0.15, 0.2) is 5.69 Å². The number of hydrogen-bond donors (Lipinski definition) is 1. The van der Waals surface area contributed by atoms with Gasteiger partial charge in [0.1, 0.15) is 2.88 Å². The van der Waals surface area contributed by atoms with Gasteiger partial charge in [-0.25, -0.2) is 4.79 Å². The fourth-order valence-corrected chi connectivity index (χ4v) is 1.32. The first-order valence-electron chi connectivity index (χ1n) is 1.93. The topological polar surface area (TPSA) is 63.1 Å². The maximum absolute atomic E-state index is 10.2. The summed E-state index contributed by atoms with van der Waals surface area (Å²) in [7, 11) is 0. The minimum atomic E-state index is -1.02. The Labute approximate surface area is 68.2 Å². The SMILES string of the molecule is O=C(O)c1nnsc1I. The first-order valence-corrected chi connectivity index (χ1v) is 3.78. The van der Waals surface area contributed by atoms with Crippen molar-refractivity contribution >= 4 is 40.1 Å². The molecule has 4 nitrogen and oxygen atoms in total. The predicted octanol–water partition coefficient (Wildman–Crippen LogP) is 0.841. The molecule has 0 aliphatic carbocycles. The van der Waals surface area contributed by atoms with Crippen LogP contribution in [0.4, 0.5) is 0 Å². The maximum Gasteiger partial charge on any atom is 0.358 e. The van der Waals surface area contributed by atoms with Gasteiger partial charge < -0.3 is 5.11 Å². The Hall–Kier alpha value is -0.240. The highest BCUT2D eigenvalue weighted by atomic mass is 127. The van der Waals surface area contributed by atoms with E-state index in [-0.39, 0.29) is 5.69 Å². The van der Waals surface area contributed by atoms with E-state index in [1.807, 2.05) is 22.6 Å². The molecule has 0 aliphatic heterocycles. The molecule has 0 amide bonds. The molecule has 9 heavy (non-hydrogen) atoms. The van der Waals surface area contributed by atoms with Gasteiger partial charge in [-0.3, -0.25) is 0 Å². The van der Waals surface area contributed by atoms with Crippen LogP contribution in [0.2, 0.25) is 0 Å². The standard InChI is InChI=1S/C3HIN2O2S/c4-2-1(3(7)8)5-6-9-2/h(H,7,8). The number of carbonyl (C=O) groups is 1. The summed E-state index contributed by atoms with van der Waals surface area (Å²) >= 11 is 2.96. The van der Waals surface area contributed by atoms with E-state index in [1.165, 1.54) is 0 Å². The molecule has 1 N–H and O–H groups in total. The third-order valence-electron chi connectivity index (χ3n) is 0.651. The molecule has 1 aromatic rings. The van der Waals surface area contributed by atoms with E-state index in [2.05, 4.69) is 9.59 Å². The molecule has 1 rings (SSSR count). The normalized spacial score (nSPS) is 9.44. The molecule has 1 heterocycles. The van der Waals surface area contributed by atoms with Crippen molar-refractivity contribution in [3.8, 4) is 0 Å². The van der Waals surface area contributed by atoms with Gasteiger partial charge in [-0.2, -0.15) is 0 Å². The summed E-state index contributed by atoms with van der Waals surface area (Å²) < 4.78 is 4.06. The summed E-state index contributed by atoms with van der Waals surface area (Å²) in [5.74, 6) is -1.02. The minimum Gasteiger partial charge on any atom is -0.476 e. The predicted molar refractivity (Wildman–Crippen MR) is 39.6 cm³/mol. The highest BCUT2D eigenvalue weighted by Crippen LogP contribution is 2.12. The molecule has 0 atom stereocenters. The van der Waals surface area contributed by atoms with E-state index in [1.54, 1.807) is 0 Å². The van der Waals surface area contributed by atoms with Crippen molar-refractivity contribution < 1.29 is 9.90 Å². The molecule has 0 saturated heterocycles. The molecular formula is C3HIN2O2S. The number of hydrogen-bond acceptors (Lipinski definition) is 4. The molecule has 0 aliphatic rings. The van der Waals surface area contributed by atoms with Gasteiger partial charge >= 0.3 is 5.97 Å². The van der Waals surface area contributed by atoms with E-state index in [0.717, 1.165) is 11.5 Å². The Balaban J connectivity index is 3.08. The Kier molecular flexibility index (Phi) is 1.96. The van der Waals surface area contributed by atoms with Gasteiger partial charge in [-0.15, -0.1) is 5.10 Å². The number of carboxylic acid groups (broad SMARTS) is 1. The molecule has 0 fully saturated rings. The van der Waals surface area contributed by atoms with Gasteiger partial charge in [0.2, 0.25) is 0 Å². The number of carboxylic acids is 1. The van der Waals surface area contributed by atoms with Crippen molar-refractivity contribution in [3.63, 3.8) is 0 Å². The van der Waals surface area contributed by atoms with E-state index in [0.29, 0.717) is 2.88 Å². The van der Waals surface area contributed by atoms with Crippen molar-refractivity contribution in [3.05, 3.63) is 8.58 Å². The average molecular weight is 256 g/mol. The van der Waals surface area contributed by atoms with Gasteiger partial charge in [-0.1, -0.05) is 4.49 Å². The first kappa shape index (κ1) is 6.87. The lowest BCUT2D eigenvalue weighted by molar-refractivity contribution is 0.0689. The second-order valence-electron chi connectivity index (χ2n) is 1.20. The zero-order valence-corrected chi connectivity index (χ0v) is 7.01.